The zero-order valence-corrected chi connectivity index (χ0v) is 17.6. The molecule has 0 fully saturated rings. The van der Waals surface area contributed by atoms with Gasteiger partial charge in [-0.05, 0) is 17.7 Å². The highest BCUT2D eigenvalue weighted by Gasteiger charge is 2.28. The first-order chi connectivity index (χ1) is 15.9. The Morgan fingerprint density at radius 1 is 1.00 bits per heavy atom. The number of H-pyrrole nitrogens is 1. The Balaban J connectivity index is 1.55. The third-order valence-electron chi connectivity index (χ3n) is 4.69. The second-order valence-electron chi connectivity index (χ2n) is 7.42. The van der Waals surface area contributed by atoms with Gasteiger partial charge < -0.3 is 20.2 Å². The third kappa shape index (κ3) is 7.49. The van der Waals surface area contributed by atoms with Crippen molar-refractivity contribution in [2.75, 3.05) is 0 Å². The molecule has 0 bridgehead atoms. The first kappa shape index (κ1) is 25.1. The Hall–Kier alpha value is -3.58. The van der Waals surface area contributed by atoms with E-state index in [1.54, 1.807) is 18.2 Å². The summed E-state index contributed by atoms with van der Waals surface area (Å²) in [7, 11) is 0. The maximum absolute atomic E-state index is 12.4. The largest absolute Gasteiger partial charge is 0.390 e. The summed E-state index contributed by atoms with van der Waals surface area (Å²) < 4.78 is 75.0. The number of halogens is 6. The van der Waals surface area contributed by atoms with Crippen LogP contribution in [0.1, 0.15) is 41.3 Å². The molecule has 0 saturated heterocycles. The van der Waals surface area contributed by atoms with E-state index < -0.39 is 50.0 Å². The second kappa shape index (κ2) is 10.1. The van der Waals surface area contributed by atoms with Crippen LogP contribution in [0, 0.1) is 0 Å². The van der Waals surface area contributed by atoms with Crippen molar-refractivity contribution in [1.29, 1.82) is 0 Å². The van der Waals surface area contributed by atoms with E-state index in [9.17, 15) is 35.9 Å². The van der Waals surface area contributed by atoms with Crippen molar-refractivity contribution in [2.24, 2.45) is 0 Å². The van der Waals surface area contributed by atoms with Crippen LogP contribution in [-0.2, 0) is 24.4 Å². The Labute approximate surface area is 188 Å². The maximum atomic E-state index is 12.4. The molecule has 34 heavy (non-hydrogen) atoms. The lowest BCUT2D eigenvalue weighted by atomic mass is 10.2. The maximum Gasteiger partial charge on any atom is 0.390 e. The van der Waals surface area contributed by atoms with Crippen LogP contribution in [0.5, 0.6) is 0 Å². The van der Waals surface area contributed by atoms with Crippen LogP contribution >= 0.6 is 0 Å². The van der Waals surface area contributed by atoms with E-state index >= 15 is 0 Å². The van der Waals surface area contributed by atoms with Gasteiger partial charge >= 0.3 is 12.4 Å². The van der Waals surface area contributed by atoms with Crippen molar-refractivity contribution in [3.8, 4) is 0 Å². The van der Waals surface area contributed by atoms with Crippen molar-refractivity contribution in [3.05, 3.63) is 47.8 Å². The molecule has 14 heteroatoms. The molecule has 3 N–H and O–H groups in total. The number of amides is 2. The van der Waals surface area contributed by atoms with E-state index in [0.717, 1.165) is 4.57 Å². The lowest BCUT2D eigenvalue weighted by molar-refractivity contribution is -0.144. The molecule has 0 radical (unpaired) electrons. The summed E-state index contributed by atoms with van der Waals surface area (Å²) in [4.78, 5) is 34.9. The van der Waals surface area contributed by atoms with Gasteiger partial charge in [-0.1, -0.05) is 6.07 Å². The van der Waals surface area contributed by atoms with Crippen LogP contribution in [0.25, 0.3) is 11.0 Å². The molecule has 0 saturated carbocycles. The van der Waals surface area contributed by atoms with E-state index in [1.807, 2.05) is 0 Å². The number of nitrogens with one attached hydrogen (secondary N) is 3. The molecule has 0 atom stereocenters. The number of carbonyl (C=O) groups is 2. The number of aromatic nitrogens is 4. The molecule has 8 nitrogen and oxygen atoms in total. The smallest absolute Gasteiger partial charge is 0.352 e. The molecular weight excluding hydrogens is 470 g/mol. The number of carbonyl (C=O) groups excluding carboxylic acids is 2. The van der Waals surface area contributed by atoms with Crippen molar-refractivity contribution in [3.63, 3.8) is 0 Å². The summed E-state index contributed by atoms with van der Waals surface area (Å²) in [6, 6.07) is 4.94. The highest BCUT2D eigenvalue weighted by atomic mass is 19.4. The van der Waals surface area contributed by atoms with Crippen LogP contribution < -0.4 is 10.6 Å². The molecule has 2 heterocycles. The summed E-state index contributed by atoms with van der Waals surface area (Å²) in [5.41, 5.74) is 1.74. The number of fused-ring (bicyclic) bond motifs is 1. The second-order valence-corrected chi connectivity index (χ2v) is 7.42. The summed E-state index contributed by atoms with van der Waals surface area (Å²) in [6.45, 7) is -0.464. The molecule has 0 aliphatic rings. The Bertz CT molecular complexity index is 1150. The van der Waals surface area contributed by atoms with E-state index in [1.165, 1.54) is 12.4 Å². The number of aryl methyl sites for hydroxylation is 1. The van der Waals surface area contributed by atoms with Gasteiger partial charge in [-0.15, -0.1) is 0 Å². The minimum Gasteiger partial charge on any atom is -0.352 e. The molecule has 3 aromatic rings. The summed E-state index contributed by atoms with van der Waals surface area (Å²) >= 11 is 0. The molecule has 0 spiro atoms. The van der Waals surface area contributed by atoms with Crippen LogP contribution in [0.4, 0.5) is 26.3 Å². The quantitative estimate of drug-likeness (QED) is 0.399. The van der Waals surface area contributed by atoms with Crippen LogP contribution in [0.15, 0.2) is 30.6 Å². The van der Waals surface area contributed by atoms with Gasteiger partial charge in [-0.3, -0.25) is 9.59 Å². The van der Waals surface area contributed by atoms with E-state index in [-0.39, 0.29) is 18.9 Å². The van der Waals surface area contributed by atoms with E-state index in [0.29, 0.717) is 22.4 Å². The molecule has 0 aliphatic carbocycles. The lowest BCUT2D eigenvalue weighted by Crippen LogP contribution is -2.27. The number of hydrogen-bond acceptors (Lipinski definition) is 4. The van der Waals surface area contributed by atoms with Gasteiger partial charge in [0.15, 0.2) is 5.82 Å². The molecule has 0 aliphatic heterocycles. The number of benzene rings is 1. The van der Waals surface area contributed by atoms with E-state index in [4.69, 9.17) is 0 Å². The van der Waals surface area contributed by atoms with Gasteiger partial charge in [0.25, 0.3) is 5.91 Å². The lowest BCUT2D eigenvalue weighted by Gasteiger charge is -2.09. The first-order valence-corrected chi connectivity index (χ1v) is 10.1. The Kier molecular flexibility index (Phi) is 7.47. The molecule has 2 amide bonds. The van der Waals surface area contributed by atoms with Crippen LogP contribution in [0.2, 0.25) is 0 Å². The SMILES string of the molecule is O=C(CCC(F)(F)F)NCc1ccc2nc(CNC(=O)c3nccn3CCC(F)(F)F)[nH]c2c1. The highest BCUT2D eigenvalue weighted by Crippen LogP contribution is 2.22. The highest BCUT2D eigenvalue weighted by molar-refractivity contribution is 5.90. The number of rotatable bonds is 9. The van der Waals surface area contributed by atoms with Crippen molar-refractivity contribution in [1.82, 2.24) is 30.2 Å². The summed E-state index contributed by atoms with van der Waals surface area (Å²) in [5.74, 6) is -1.19. The molecular formula is C20H20F6N6O2. The average molecular weight is 490 g/mol. The van der Waals surface area contributed by atoms with E-state index in [2.05, 4.69) is 25.6 Å². The van der Waals surface area contributed by atoms with Crippen LogP contribution in [0.3, 0.4) is 0 Å². The summed E-state index contributed by atoms with van der Waals surface area (Å²) in [6.07, 6.45) is -9.21. The number of aromatic amines is 1. The number of nitrogens with zero attached hydrogens (tertiary/aromatic N) is 3. The fourth-order valence-electron chi connectivity index (χ4n) is 3.04. The van der Waals surface area contributed by atoms with Crippen molar-refractivity contribution >= 4 is 22.8 Å². The Morgan fingerprint density at radius 3 is 2.44 bits per heavy atom. The van der Waals surface area contributed by atoms with Gasteiger partial charge in [-0.2, -0.15) is 26.3 Å². The number of hydrogen-bond donors (Lipinski definition) is 3. The van der Waals surface area contributed by atoms with Crippen molar-refractivity contribution < 1.29 is 35.9 Å². The van der Waals surface area contributed by atoms with Gasteiger partial charge in [0, 0.05) is 31.9 Å². The van der Waals surface area contributed by atoms with Gasteiger partial charge in [0.1, 0.15) is 5.82 Å². The van der Waals surface area contributed by atoms with Crippen LogP contribution in [-0.4, -0.2) is 43.7 Å². The molecule has 2 aromatic heterocycles. The monoisotopic (exact) mass is 490 g/mol. The predicted octanol–water partition coefficient (Wildman–Crippen LogP) is 3.60. The summed E-state index contributed by atoms with van der Waals surface area (Å²) in [5, 5.41) is 4.95. The van der Waals surface area contributed by atoms with Gasteiger partial charge in [0.05, 0.1) is 30.4 Å². The minimum atomic E-state index is -4.40. The fraction of sp³-hybridized carbons (Fsp3) is 0.400. The average Bonchev–Trinajstić information content (AvgIpc) is 3.38. The predicted molar refractivity (Wildman–Crippen MR) is 107 cm³/mol. The minimum absolute atomic E-state index is 0.0261. The molecule has 184 valence electrons. The molecule has 3 rings (SSSR count). The van der Waals surface area contributed by atoms with Crippen molar-refractivity contribution in [2.45, 2.75) is 51.2 Å². The number of imidazole rings is 2. The van der Waals surface area contributed by atoms with Gasteiger partial charge in [-0.25, -0.2) is 9.97 Å². The molecule has 0 unspecified atom stereocenters. The Morgan fingerprint density at radius 2 is 1.74 bits per heavy atom. The zero-order valence-electron chi connectivity index (χ0n) is 17.6. The standard InChI is InChI=1S/C20H20F6N6O2/c21-19(22,23)4-3-16(33)28-10-12-1-2-13-14(9-12)31-15(30-13)11-29-18(34)17-27-6-8-32(17)7-5-20(24,25)26/h1-2,6,8-9H,3-5,7,10-11H2,(H,28,33)(H,29,34)(H,30,31). The molecule has 1 aromatic carbocycles. The van der Waals surface area contributed by atoms with Gasteiger partial charge in [0.2, 0.25) is 5.91 Å². The normalized spacial score (nSPS) is 12.2. The topological polar surface area (TPSA) is 105 Å². The fourth-order valence-corrected chi connectivity index (χ4v) is 3.04. The first-order valence-electron chi connectivity index (χ1n) is 10.1. The third-order valence-corrected chi connectivity index (χ3v) is 4.69. The number of alkyl halides is 6. The zero-order chi connectivity index (χ0) is 24.9.